The average molecular weight is 223 g/mol. The first-order chi connectivity index (χ1) is 7.65. The third kappa shape index (κ3) is 2.28. The highest BCUT2D eigenvalue weighted by Crippen LogP contribution is 2.34. The van der Waals surface area contributed by atoms with Gasteiger partial charge in [0.05, 0.1) is 6.54 Å². The van der Waals surface area contributed by atoms with E-state index in [-0.39, 0.29) is 17.8 Å². The molecule has 1 unspecified atom stereocenters. The van der Waals surface area contributed by atoms with Crippen LogP contribution in [0.25, 0.3) is 0 Å². The Balaban J connectivity index is 2.06. The molecule has 1 aromatic carbocycles. The Kier molecular flexibility index (Phi) is 2.72. The average Bonchev–Trinajstić information content (AvgIpc) is 2.26. The van der Waals surface area contributed by atoms with Crippen molar-refractivity contribution in [1.29, 1.82) is 0 Å². The van der Waals surface area contributed by atoms with E-state index in [9.17, 15) is 5.11 Å². The molecule has 6 heteroatoms. The molecule has 1 aliphatic heterocycles. The van der Waals surface area contributed by atoms with E-state index in [1.54, 1.807) is 6.07 Å². The van der Waals surface area contributed by atoms with E-state index in [0.29, 0.717) is 24.7 Å². The number of phenolic OH excluding ortho intramolecular Hbond substituents is 1. The molecule has 0 aliphatic carbocycles. The van der Waals surface area contributed by atoms with Crippen LogP contribution in [0.5, 0.6) is 17.2 Å². The van der Waals surface area contributed by atoms with Crippen LogP contribution < -0.4 is 20.9 Å². The highest BCUT2D eigenvalue weighted by atomic mass is 16.6. The van der Waals surface area contributed by atoms with Gasteiger partial charge in [0.15, 0.2) is 23.6 Å². The van der Waals surface area contributed by atoms with Gasteiger partial charge in [-0.1, -0.05) is 0 Å². The van der Waals surface area contributed by atoms with Crippen LogP contribution in [-0.4, -0.2) is 30.3 Å². The van der Waals surface area contributed by atoms with Gasteiger partial charge in [-0.3, -0.25) is 0 Å². The summed E-state index contributed by atoms with van der Waals surface area (Å²) in [5, 5.41) is 9.24. The van der Waals surface area contributed by atoms with E-state index in [1.165, 1.54) is 12.1 Å². The molecule has 5 N–H and O–H groups in total. The van der Waals surface area contributed by atoms with Crippen molar-refractivity contribution in [3.05, 3.63) is 18.2 Å². The lowest BCUT2D eigenvalue weighted by Gasteiger charge is -2.25. The van der Waals surface area contributed by atoms with Crippen LogP contribution in [0.1, 0.15) is 0 Å². The summed E-state index contributed by atoms with van der Waals surface area (Å²) in [7, 11) is 0. The van der Waals surface area contributed by atoms with Gasteiger partial charge in [0.2, 0.25) is 0 Å². The van der Waals surface area contributed by atoms with Gasteiger partial charge in [-0.25, -0.2) is 4.99 Å². The van der Waals surface area contributed by atoms with Crippen LogP contribution in [0.3, 0.4) is 0 Å². The number of ether oxygens (including phenoxy) is 2. The number of aromatic hydroxyl groups is 1. The molecular weight excluding hydrogens is 210 g/mol. The summed E-state index contributed by atoms with van der Waals surface area (Å²) in [6.07, 6.45) is -0.209. The predicted molar refractivity (Wildman–Crippen MR) is 58.7 cm³/mol. The number of rotatable bonds is 2. The van der Waals surface area contributed by atoms with E-state index in [4.69, 9.17) is 20.9 Å². The number of nitrogens with zero attached hydrogens (tertiary/aromatic N) is 1. The van der Waals surface area contributed by atoms with Crippen molar-refractivity contribution in [3.63, 3.8) is 0 Å². The molecule has 6 nitrogen and oxygen atoms in total. The fraction of sp³-hybridized carbons (Fsp3) is 0.300. The standard InChI is InChI=1S/C10H13N3O3/c11-10(12)13-4-7-5-15-9-3-6(14)1-2-8(9)16-7/h1-3,7,14H,4-5H2,(H4,11,12,13). The number of hydrogen-bond donors (Lipinski definition) is 3. The molecule has 1 heterocycles. The monoisotopic (exact) mass is 223 g/mol. The van der Waals surface area contributed by atoms with E-state index in [2.05, 4.69) is 4.99 Å². The summed E-state index contributed by atoms with van der Waals surface area (Å²) in [5.41, 5.74) is 10.4. The predicted octanol–water partition coefficient (Wildman–Crippen LogP) is -0.195. The third-order valence-corrected chi connectivity index (χ3v) is 2.12. The third-order valence-electron chi connectivity index (χ3n) is 2.12. The Bertz CT molecular complexity index is 416. The van der Waals surface area contributed by atoms with Gasteiger partial charge >= 0.3 is 0 Å². The zero-order valence-corrected chi connectivity index (χ0v) is 8.59. The van der Waals surface area contributed by atoms with Crippen molar-refractivity contribution in [2.45, 2.75) is 6.10 Å². The highest BCUT2D eigenvalue weighted by Gasteiger charge is 2.20. The molecule has 0 aromatic heterocycles. The molecule has 0 saturated heterocycles. The summed E-state index contributed by atoms with van der Waals surface area (Å²) in [6.45, 7) is 0.704. The van der Waals surface area contributed by atoms with Crippen LogP contribution in [-0.2, 0) is 0 Å². The van der Waals surface area contributed by atoms with Gasteiger partial charge in [0.25, 0.3) is 0 Å². The zero-order chi connectivity index (χ0) is 11.5. The van der Waals surface area contributed by atoms with Crippen molar-refractivity contribution >= 4 is 5.96 Å². The van der Waals surface area contributed by atoms with Crippen LogP contribution >= 0.6 is 0 Å². The van der Waals surface area contributed by atoms with Gasteiger partial charge in [-0.2, -0.15) is 0 Å². The molecule has 2 rings (SSSR count). The van der Waals surface area contributed by atoms with Gasteiger partial charge in [0.1, 0.15) is 12.4 Å². The Morgan fingerprint density at radius 2 is 2.25 bits per heavy atom. The fourth-order valence-electron chi connectivity index (χ4n) is 1.40. The molecule has 0 spiro atoms. The topological polar surface area (TPSA) is 103 Å². The minimum Gasteiger partial charge on any atom is -0.508 e. The molecule has 0 radical (unpaired) electrons. The van der Waals surface area contributed by atoms with Crippen molar-refractivity contribution in [1.82, 2.24) is 0 Å². The van der Waals surface area contributed by atoms with E-state index in [1.807, 2.05) is 0 Å². The molecule has 0 fully saturated rings. The Morgan fingerprint density at radius 3 is 3.00 bits per heavy atom. The van der Waals surface area contributed by atoms with E-state index < -0.39 is 0 Å². The number of nitrogens with two attached hydrogens (primary N) is 2. The zero-order valence-electron chi connectivity index (χ0n) is 8.59. The smallest absolute Gasteiger partial charge is 0.186 e. The molecular formula is C10H13N3O3. The van der Waals surface area contributed by atoms with Crippen molar-refractivity contribution < 1.29 is 14.6 Å². The molecule has 1 aromatic rings. The molecule has 0 saturated carbocycles. The second-order valence-corrected chi connectivity index (χ2v) is 3.45. The SMILES string of the molecule is NC(N)=NCC1COc2cc(O)ccc2O1. The highest BCUT2D eigenvalue weighted by molar-refractivity contribution is 5.75. The summed E-state index contributed by atoms with van der Waals surface area (Å²) < 4.78 is 11.0. The Labute approximate surface area is 92.5 Å². The van der Waals surface area contributed by atoms with E-state index in [0.717, 1.165) is 0 Å². The number of phenols is 1. The maximum absolute atomic E-state index is 9.24. The van der Waals surface area contributed by atoms with Crippen LogP contribution in [0.2, 0.25) is 0 Å². The summed E-state index contributed by atoms with van der Waals surface area (Å²) in [6, 6.07) is 4.68. The number of fused-ring (bicyclic) bond motifs is 1. The fourth-order valence-corrected chi connectivity index (χ4v) is 1.40. The van der Waals surface area contributed by atoms with Crippen molar-refractivity contribution in [3.8, 4) is 17.2 Å². The van der Waals surface area contributed by atoms with Gasteiger partial charge in [-0.05, 0) is 12.1 Å². The van der Waals surface area contributed by atoms with Gasteiger partial charge in [-0.15, -0.1) is 0 Å². The van der Waals surface area contributed by atoms with Crippen LogP contribution in [0.15, 0.2) is 23.2 Å². The van der Waals surface area contributed by atoms with Crippen LogP contribution in [0, 0.1) is 0 Å². The van der Waals surface area contributed by atoms with Crippen molar-refractivity contribution in [2.24, 2.45) is 16.5 Å². The van der Waals surface area contributed by atoms with E-state index >= 15 is 0 Å². The number of hydrogen-bond acceptors (Lipinski definition) is 4. The van der Waals surface area contributed by atoms with Gasteiger partial charge < -0.3 is 26.0 Å². The van der Waals surface area contributed by atoms with Crippen LogP contribution in [0.4, 0.5) is 0 Å². The summed E-state index contributed by atoms with van der Waals surface area (Å²) in [5.74, 6) is 1.28. The maximum Gasteiger partial charge on any atom is 0.186 e. The van der Waals surface area contributed by atoms with Gasteiger partial charge in [0, 0.05) is 6.07 Å². The lowest BCUT2D eigenvalue weighted by molar-refractivity contribution is 0.0968. The lowest BCUT2D eigenvalue weighted by Crippen LogP contribution is -2.33. The largest absolute Gasteiger partial charge is 0.508 e. The minimum atomic E-state index is -0.209. The Morgan fingerprint density at radius 1 is 1.44 bits per heavy atom. The molecule has 16 heavy (non-hydrogen) atoms. The second-order valence-electron chi connectivity index (χ2n) is 3.45. The number of benzene rings is 1. The Hall–Kier alpha value is -2.11. The molecule has 1 aliphatic rings. The lowest BCUT2D eigenvalue weighted by atomic mass is 10.2. The number of aliphatic imine (C=N–C) groups is 1. The molecule has 0 amide bonds. The molecule has 0 bridgehead atoms. The molecule has 1 atom stereocenters. The first-order valence-corrected chi connectivity index (χ1v) is 4.83. The number of guanidine groups is 1. The second kappa shape index (κ2) is 4.18. The normalized spacial score (nSPS) is 17.9. The van der Waals surface area contributed by atoms with Crippen molar-refractivity contribution in [2.75, 3.05) is 13.2 Å². The quantitative estimate of drug-likeness (QED) is 0.476. The minimum absolute atomic E-state index is 0.0279. The first-order valence-electron chi connectivity index (χ1n) is 4.83. The maximum atomic E-state index is 9.24. The molecule has 86 valence electrons. The summed E-state index contributed by atoms with van der Waals surface area (Å²) in [4.78, 5) is 3.86. The first kappa shape index (κ1) is 10.4. The summed E-state index contributed by atoms with van der Waals surface area (Å²) >= 11 is 0.